The van der Waals surface area contributed by atoms with Crippen LogP contribution in [0.25, 0.3) is 0 Å². The molecule has 4 rings (SSSR count). The molecular formula is C23H33N3O3. The van der Waals surface area contributed by atoms with Gasteiger partial charge in [-0.05, 0) is 43.5 Å². The summed E-state index contributed by atoms with van der Waals surface area (Å²) in [6.07, 6.45) is 5.70. The van der Waals surface area contributed by atoms with E-state index in [4.69, 9.17) is 9.47 Å². The maximum absolute atomic E-state index is 12.6. The van der Waals surface area contributed by atoms with Crippen LogP contribution in [-0.4, -0.2) is 86.9 Å². The van der Waals surface area contributed by atoms with Gasteiger partial charge in [0, 0.05) is 56.6 Å². The van der Waals surface area contributed by atoms with Crippen LogP contribution in [0.2, 0.25) is 0 Å². The highest BCUT2D eigenvalue weighted by atomic mass is 16.5. The Bertz CT molecular complexity index is 679. The molecule has 1 amide bonds. The summed E-state index contributed by atoms with van der Waals surface area (Å²) in [5.41, 5.74) is 1.99. The molecule has 0 saturated carbocycles. The Morgan fingerprint density at radius 2 is 1.79 bits per heavy atom. The lowest BCUT2D eigenvalue weighted by Gasteiger charge is -2.38. The minimum atomic E-state index is 0.112. The molecule has 0 aromatic heterocycles. The Labute approximate surface area is 174 Å². The number of nitrogens with zero attached hydrogens (tertiary/aromatic N) is 3. The molecule has 3 aliphatic heterocycles. The summed E-state index contributed by atoms with van der Waals surface area (Å²) in [5, 5.41) is 0. The molecule has 0 radical (unpaired) electrons. The van der Waals surface area contributed by atoms with Crippen LogP contribution in [-0.2, 0) is 9.47 Å². The quantitative estimate of drug-likeness (QED) is 0.688. The van der Waals surface area contributed by atoms with Crippen molar-refractivity contribution in [2.45, 2.75) is 31.4 Å². The van der Waals surface area contributed by atoms with E-state index >= 15 is 0 Å². The summed E-state index contributed by atoms with van der Waals surface area (Å²) in [6.45, 7) is 11.4. The fraction of sp³-hybridized carbons (Fsp3) is 0.609. The Morgan fingerprint density at radius 1 is 1.07 bits per heavy atom. The van der Waals surface area contributed by atoms with E-state index in [1.807, 2.05) is 23.1 Å². The van der Waals surface area contributed by atoms with Gasteiger partial charge in [-0.15, -0.1) is 6.58 Å². The van der Waals surface area contributed by atoms with Crippen LogP contribution in [0.3, 0.4) is 0 Å². The third-order valence-electron chi connectivity index (χ3n) is 6.38. The number of morpholine rings is 1. The number of hydrogen-bond donors (Lipinski definition) is 0. The lowest BCUT2D eigenvalue weighted by atomic mass is 10.0. The monoisotopic (exact) mass is 399 g/mol. The summed E-state index contributed by atoms with van der Waals surface area (Å²) in [6, 6.07) is 8.81. The van der Waals surface area contributed by atoms with E-state index in [0.717, 1.165) is 38.2 Å². The molecule has 0 unspecified atom stereocenters. The largest absolute Gasteiger partial charge is 0.378 e. The van der Waals surface area contributed by atoms with Crippen molar-refractivity contribution in [3.63, 3.8) is 0 Å². The standard InChI is InChI=1S/C23H33N3O3/c1-2-15-29-22-9-12-26(18-22)21-7-10-24(11-8-21)20-5-3-19(4-6-20)23(27)25-13-16-28-17-14-25/h2-6,21-22H,1,7-18H2/t22-/m1/s1. The second kappa shape index (κ2) is 9.74. The molecule has 0 spiro atoms. The molecule has 3 heterocycles. The first-order valence-electron chi connectivity index (χ1n) is 10.9. The maximum Gasteiger partial charge on any atom is 0.254 e. The average molecular weight is 400 g/mol. The van der Waals surface area contributed by atoms with Crippen LogP contribution in [0.1, 0.15) is 29.6 Å². The van der Waals surface area contributed by atoms with Crippen molar-refractivity contribution in [3.8, 4) is 0 Å². The van der Waals surface area contributed by atoms with E-state index in [0.29, 0.717) is 45.1 Å². The number of rotatable bonds is 6. The number of carbonyl (C=O) groups excluding carboxylic acids is 1. The molecule has 0 bridgehead atoms. The first kappa shape index (κ1) is 20.4. The van der Waals surface area contributed by atoms with E-state index in [1.54, 1.807) is 0 Å². The van der Waals surface area contributed by atoms with Crippen LogP contribution in [0.5, 0.6) is 0 Å². The number of ether oxygens (including phenoxy) is 2. The topological polar surface area (TPSA) is 45.2 Å². The first-order chi connectivity index (χ1) is 14.2. The van der Waals surface area contributed by atoms with Gasteiger partial charge < -0.3 is 19.3 Å². The normalized spacial score (nSPS) is 24.1. The molecule has 0 N–H and O–H groups in total. The second-order valence-electron chi connectivity index (χ2n) is 8.20. The van der Waals surface area contributed by atoms with Gasteiger partial charge in [-0.2, -0.15) is 0 Å². The summed E-state index contributed by atoms with van der Waals surface area (Å²) in [4.78, 5) is 19.5. The van der Waals surface area contributed by atoms with Gasteiger partial charge in [-0.1, -0.05) is 6.08 Å². The molecule has 29 heavy (non-hydrogen) atoms. The summed E-state index contributed by atoms with van der Waals surface area (Å²) in [7, 11) is 0. The number of likely N-dealkylation sites (tertiary alicyclic amines) is 1. The molecule has 158 valence electrons. The molecule has 6 heteroatoms. The molecule has 3 fully saturated rings. The maximum atomic E-state index is 12.6. The molecule has 1 aromatic carbocycles. The van der Waals surface area contributed by atoms with Crippen molar-refractivity contribution >= 4 is 11.6 Å². The predicted molar refractivity (Wildman–Crippen MR) is 115 cm³/mol. The van der Waals surface area contributed by atoms with E-state index < -0.39 is 0 Å². The minimum absolute atomic E-state index is 0.112. The molecule has 3 aliphatic rings. The van der Waals surface area contributed by atoms with Gasteiger partial charge >= 0.3 is 0 Å². The Morgan fingerprint density at radius 3 is 2.48 bits per heavy atom. The van der Waals surface area contributed by atoms with Gasteiger partial charge in [-0.25, -0.2) is 0 Å². The van der Waals surface area contributed by atoms with Crippen molar-refractivity contribution in [2.75, 3.05) is 64.0 Å². The van der Waals surface area contributed by atoms with Gasteiger partial charge in [-0.3, -0.25) is 9.69 Å². The zero-order valence-electron chi connectivity index (χ0n) is 17.3. The van der Waals surface area contributed by atoms with Crippen LogP contribution in [0.15, 0.2) is 36.9 Å². The highest BCUT2D eigenvalue weighted by molar-refractivity contribution is 5.94. The lowest BCUT2D eigenvalue weighted by Crippen LogP contribution is -2.44. The van der Waals surface area contributed by atoms with Crippen LogP contribution >= 0.6 is 0 Å². The van der Waals surface area contributed by atoms with Crippen LogP contribution < -0.4 is 4.90 Å². The third kappa shape index (κ3) is 5.00. The highest BCUT2D eigenvalue weighted by Gasteiger charge is 2.31. The molecule has 0 aliphatic carbocycles. The number of anilines is 1. The summed E-state index contributed by atoms with van der Waals surface area (Å²) < 4.78 is 11.2. The molecule has 6 nitrogen and oxygen atoms in total. The average Bonchev–Trinajstić information content (AvgIpc) is 3.27. The van der Waals surface area contributed by atoms with E-state index in [9.17, 15) is 4.79 Å². The molecule has 3 saturated heterocycles. The number of amides is 1. The summed E-state index contributed by atoms with van der Waals surface area (Å²) in [5.74, 6) is 0.112. The van der Waals surface area contributed by atoms with E-state index in [-0.39, 0.29) is 5.91 Å². The second-order valence-corrected chi connectivity index (χ2v) is 8.20. The Balaban J connectivity index is 1.26. The van der Waals surface area contributed by atoms with Crippen LogP contribution in [0.4, 0.5) is 5.69 Å². The van der Waals surface area contributed by atoms with Crippen molar-refractivity contribution in [2.24, 2.45) is 0 Å². The zero-order chi connectivity index (χ0) is 20.1. The fourth-order valence-corrected chi connectivity index (χ4v) is 4.68. The predicted octanol–water partition coefficient (Wildman–Crippen LogP) is 2.40. The number of benzene rings is 1. The van der Waals surface area contributed by atoms with E-state index in [1.165, 1.54) is 18.5 Å². The van der Waals surface area contributed by atoms with Crippen LogP contribution in [0, 0.1) is 0 Å². The fourth-order valence-electron chi connectivity index (χ4n) is 4.68. The number of piperidine rings is 1. The van der Waals surface area contributed by atoms with Crippen molar-refractivity contribution in [1.82, 2.24) is 9.80 Å². The van der Waals surface area contributed by atoms with Crippen molar-refractivity contribution in [1.29, 1.82) is 0 Å². The van der Waals surface area contributed by atoms with Gasteiger partial charge in [0.25, 0.3) is 5.91 Å². The SMILES string of the molecule is C=CCO[C@@H]1CCN(C2CCN(c3ccc(C(=O)N4CCOCC4)cc3)CC2)C1. The van der Waals surface area contributed by atoms with E-state index in [2.05, 4.69) is 28.5 Å². The van der Waals surface area contributed by atoms with Crippen molar-refractivity contribution < 1.29 is 14.3 Å². The first-order valence-corrected chi connectivity index (χ1v) is 10.9. The molecule has 1 atom stereocenters. The van der Waals surface area contributed by atoms with Gasteiger partial charge in [0.15, 0.2) is 0 Å². The number of carbonyl (C=O) groups is 1. The Kier molecular flexibility index (Phi) is 6.85. The zero-order valence-corrected chi connectivity index (χ0v) is 17.3. The highest BCUT2D eigenvalue weighted by Crippen LogP contribution is 2.26. The van der Waals surface area contributed by atoms with Gasteiger partial charge in [0.2, 0.25) is 0 Å². The van der Waals surface area contributed by atoms with Gasteiger partial charge in [0.1, 0.15) is 0 Å². The van der Waals surface area contributed by atoms with Crippen molar-refractivity contribution in [3.05, 3.63) is 42.5 Å². The third-order valence-corrected chi connectivity index (χ3v) is 6.38. The number of hydrogen-bond acceptors (Lipinski definition) is 5. The summed E-state index contributed by atoms with van der Waals surface area (Å²) >= 11 is 0. The lowest BCUT2D eigenvalue weighted by molar-refractivity contribution is 0.0303. The smallest absolute Gasteiger partial charge is 0.254 e. The molecule has 1 aromatic rings. The minimum Gasteiger partial charge on any atom is -0.378 e. The van der Waals surface area contributed by atoms with Gasteiger partial charge in [0.05, 0.1) is 25.9 Å². The molecular weight excluding hydrogens is 366 g/mol. The Hall–Kier alpha value is -1.89.